The summed E-state index contributed by atoms with van der Waals surface area (Å²) in [6, 6.07) is 8.63. The lowest BCUT2D eigenvalue weighted by Crippen LogP contribution is -2.47. The first-order valence-corrected chi connectivity index (χ1v) is 6.70. The van der Waals surface area contributed by atoms with Crippen molar-refractivity contribution in [2.75, 3.05) is 0 Å². The summed E-state index contributed by atoms with van der Waals surface area (Å²) in [6.45, 7) is 3.76. The van der Waals surface area contributed by atoms with Crippen molar-refractivity contribution in [1.29, 1.82) is 0 Å². The number of hydrogen-bond acceptors (Lipinski definition) is 4. The van der Waals surface area contributed by atoms with Crippen LogP contribution in [0.3, 0.4) is 0 Å². The van der Waals surface area contributed by atoms with Crippen LogP contribution < -0.4 is 0 Å². The molecule has 1 saturated heterocycles. The maximum absolute atomic E-state index is 12.3. The second-order valence-electron chi connectivity index (χ2n) is 6.33. The third-order valence-corrected chi connectivity index (χ3v) is 4.02. The van der Waals surface area contributed by atoms with Crippen molar-refractivity contribution in [3.05, 3.63) is 35.9 Å². The minimum Gasteiger partial charge on any atom is -0.341 e. The van der Waals surface area contributed by atoms with Gasteiger partial charge in [0, 0.05) is 18.4 Å². The third kappa shape index (κ3) is 1.83. The maximum atomic E-state index is 12.3. The Morgan fingerprint density at radius 1 is 1.10 bits per heavy atom. The van der Waals surface area contributed by atoms with Gasteiger partial charge in [0.15, 0.2) is 23.5 Å². The Labute approximate surface area is 117 Å². The molecule has 1 heterocycles. The number of carbonyl (C=O) groups is 3. The molecule has 1 aromatic rings. The molecule has 4 heteroatoms. The van der Waals surface area contributed by atoms with E-state index in [0.29, 0.717) is 5.56 Å². The summed E-state index contributed by atoms with van der Waals surface area (Å²) in [5.74, 6) is -0.798. The number of epoxide rings is 1. The van der Waals surface area contributed by atoms with Gasteiger partial charge in [0.05, 0.1) is 0 Å². The monoisotopic (exact) mass is 272 g/mol. The summed E-state index contributed by atoms with van der Waals surface area (Å²) in [5.41, 5.74) is -1.35. The molecule has 0 aromatic heterocycles. The molecule has 1 saturated carbocycles. The highest BCUT2D eigenvalue weighted by Gasteiger charge is 2.72. The number of hydrogen-bond donors (Lipinski definition) is 0. The minimum atomic E-state index is -1.48. The van der Waals surface area contributed by atoms with Gasteiger partial charge in [-0.2, -0.15) is 0 Å². The van der Waals surface area contributed by atoms with Crippen LogP contribution in [0.2, 0.25) is 0 Å². The van der Waals surface area contributed by atoms with Crippen molar-refractivity contribution in [3.63, 3.8) is 0 Å². The molecule has 1 aliphatic carbocycles. The lowest BCUT2D eigenvalue weighted by molar-refractivity contribution is -0.141. The fourth-order valence-electron chi connectivity index (χ4n) is 2.92. The van der Waals surface area contributed by atoms with Gasteiger partial charge in [0.2, 0.25) is 5.60 Å². The summed E-state index contributed by atoms with van der Waals surface area (Å²) < 4.78 is 5.33. The summed E-state index contributed by atoms with van der Waals surface area (Å²) in [6.07, 6.45) is -0.379. The largest absolute Gasteiger partial charge is 0.341 e. The van der Waals surface area contributed by atoms with Gasteiger partial charge in [0.25, 0.3) is 0 Å². The number of ether oxygens (including phenoxy) is 1. The molecule has 0 radical (unpaired) electrons. The van der Waals surface area contributed by atoms with E-state index < -0.39 is 11.7 Å². The minimum absolute atomic E-state index is 0.256. The summed E-state index contributed by atoms with van der Waals surface area (Å²) in [7, 11) is 0. The van der Waals surface area contributed by atoms with E-state index in [1.165, 1.54) is 0 Å². The predicted octanol–water partition coefficient (Wildman–Crippen LogP) is 1.97. The van der Waals surface area contributed by atoms with E-state index >= 15 is 0 Å². The summed E-state index contributed by atoms with van der Waals surface area (Å²) in [4.78, 5) is 36.8. The average molecular weight is 272 g/mol. The lowest BCUT2D eigenvalue weighted by atomic mass is 9.70. The van der Waals surface area contributed by atoms with Crippen molar-refractivity contribution >= 4 is 17.3 Å². The SMILES string of the molecule is CC1(C)CC(=O)C2(O[C@@H]2C(=O)c2ccccc2)C(=O)C1. The van der Waals surface area contributed by atoms with Crippen LogP contribution in [0.15, 0.2) is 30.3 Å². The predicted molar refractivity (Wildman–Crippen MR) is 71.4 cm³/mol. The molecule has 4 nitrogen and oxygen atoms in total. The second-order valence-corrected chi connectivity index (χ2v) is 6.33. The van der Waals surface area contributed by atoms with Gasteiger partial charge in [-0.3, -0.25) is 14.4 Å². The number of Topliss-reactive ketones (excluding diaryl/α,β-unsaturated/α-hetero) is 3. The number of carbonyl (C=O) groups excluding carboxylic acids is 3. The van der Waals surface area contributed by atoms with Crippen molar-refractivity contribution in [3.8, 4) is 0 Å². The molecule has 3 rings (SSSR count). The normalized spacial score (nSPS) is 26.6. The van der Waals surface area contributed by atoms with Crippen LogP contribution in [0.5, 0.6) is 0 Å². The number of benzene rings is 1. The van der Waals surface area contributed by atoms with Crippen molar-refractivity contribution in [2.24, 2.45) is 5.41 Å². The first-order chi connectivity index (χ1) is 9.37. The molecule has 2 fully saturated rings. The zero-order chi connectivity index (χ0) is 14.5. The molecule has 0 bridgehead atoms. The zero-order valence-electron chi connectivity index (χ0n) is 11.5. The highest BCUT2D eigenvalue weighted by molar-refractivity contribution is 6.22. The van der Waals surface area contributed by atoms with Gasteiger partial charge >= 0.3 is 0 Å². The molecule has 104 valence electrons. The Balaban J connectivity index is 1.86. The molecule has 20 heavy (non-hydrogen) atoms. The van der Waals surface area contributed by atoms with E-state index in [2.05, 4.69) is 0 Å². The highest BCUT2D eigenvalue weighted by Crippen LogP contribution is 2.49. The van der Waals surface area contributed by atoms with Crippen LogP contribution in [-0.2, 0) is 14.3 Å². The van der Waals surface area contributed by atoms with Gasteiger partial charge in [-0.05, 0) is 5.41 Å². The van der Waals surface area contributed by atoms with E-state index in [1.807, 2.05) is 13.8 Å². The second kappa shape index (κ2) is 4.09. The molecule has 1 spiro atoms. The number of rotatable bonds is 2. The average Bonchev–Trinajstić information content (AvgIpc) is 3.13. The summed E-state index contributed by atoms with van der Waals surface area (Å²) >= 11 is 0. The van der Waals surface area contributed by atoms with Crippen LogP contribution in [0.1, 0.15) is 37.0 Å². The first kappa shape index (κ1) is 13.2. The quantitative estimate of drug-likeness (QED) is 0.469. The molecular weight excluding hydrogens is 256 g/mol. The molecule has 0 amide bonds. The van der Waals surface area contributed by atoms with Crippen LogP contribution in [0, 0.1) is 5.41 Å². The van der Waals surface area contributed by atoms with Crippen molar-refractivity contribution in [1.82, 2.24) is 0 Å². The van der Waals surface area contributed by atoms with Gasteiger partial charge in [-0.15, -0.1) is 0 Å². The van der Waals surface area contributed by atoms with Crippen molar-refractivity contribution in [2.45, 2.75) is 38.4 Å². The Morgan fingerprint density at radius 3 is 2.20 bits per heavy atom. The number of ketones is 3. The van der Waals surface area contributed by atoms with Gasteiger partial charge in [0.1, 0.15) is 0 Å². The molecule has 2 aliphatic rings. The fourth-order valence-corrected chi connectivity index (χ4v) is 2.92. The Morgan fingerprint density at radius 2 is 1.65 bits per heavy atom. The molecule has 0 unspecified atom stereocenters. The van der Waals surface area contributed by atoms with Crippen LogP contribution in [-0.4, -0.2) is 29.1 Å². The van der Waals surface area contributed by atoms with E-state index in [1.54, 1.807) is 30.3 Å². The van der Waals surface area contributed by atoms with Crippen molar-refractivity contribution < 1.29 is 19.1 Å². The zero-order valence-corrected chi connectivity index (χ0v) is 11.5. The third-order valence-electron chi connectivity index (χ3n) is 4.02. The maximum Gasteiger partial charge on any atom is 0.218 e. The van der Waals surface area contributed by atoms with E-state index in [0.717, 1.165) is 0 Å². The highest BCUT2D eigenvalue weighted by atomic mass is 16.6. The standard InChI is InChI=1S/C16H16O4/c1-15(2)8-11(17)16(12(18)9-15)14(20-16)13(19)10-6-4-3-5-7-10/h3-7,14H,8-9H2,1-2H3/t14-/m1/s1. The molecular formula is C16H16O4. The topological polar surface area (TPSA) is 63.7 Å². The van der Waals surface area contributed by atoms with Gasteiger partial charge in [-0.1, -0.05) is 44.2 Å². The van der Waals surface area contributed by atoms with Crippen LogP contribution >= 0.6 is 0 Å². The van der Waals surface area contributed by atoms with Crippen LogP contribution in [0.4, 0.5) is 0 Å². The first-order valence-electron chi connectivity index (χ1n) is 6.70. The molecule has 0 N–H and O–H groups in total. The van der Waals surface area contributed by atoms with E-state index in [4.69, 9.17) is 4.74 Å². The van der Waals surface area contributed by atoms with Crippen LogP contribution in [0.25, 0.3) is 0 Å². The fraction of sp³-hybridized carbons (Fsp3) is 0.438. The van der Waals surface area contributed by atoms with E-state index in [-0.39, 0.29) is 35.6 Å². The smallest absolute Gasteiger partial charge is 0.218 e. The summed E-state index contributed by atoms with van der Waals surface area (Å²) in [5, 5.41) is 0. The molecule has 1 atom stereocenters. The Bertz CT molecular complexity index is 580. The van der Waals surface area contributed by atoms with E-state index in [9.17, 15) is 14.4 Å². The molecule has 1 aliphatic heterocycles. The Kier molecular flexibility index (Phi) is 2.70. The van der Waals surface area contributed by atoms with Gasteiger partial charge < -0.3 is 4.74 Å². The Hall–Kier alpha value is -1.81. The van der Waals surface area contributed by atoms with Gasteiger partial charge in [-0.25, -0.2) is 0 Å². The lowest BCUT2D eigenvalue weighted by Gasteiger charge is -2.30. The molecule has 1 aromatic carbocycles.